The van der Waals surface area contributed by atoms with Gasteiger partial charge in [-0.05, 0) is 7.05 Å². The molecule has 0 amide bonds. The first-order valence-corrected chi connectivity index (χ1v) is 6.20. The first kappa shape index (κ1) is 11.3. The van der Waals surface area contributed by atoms with Crippen LogP contribution in [0.2, 0.25) is 0 Å². The van der Waals surface area contributed by atoms with Gasteiger partial charge in [0.15, 0.2) is 0 Å². The predicted octanol–water partition coefficient (Wildman–Crippen LogP) is -1.57. The average Bonchev–Trinajstić information content (AvgIpc) is 2.50. The van der Waals surface area contributed by atoms with Crippen LogP contribution in [0.15, 0.2) is 4.99 Å². The molecule has 0 saturated carbocycles. The van der Waals surface area contributed by atoms with Crippen LogP contribution < -0.4 is 10.6 Å². The van der Waals surface area contributed by atoms with Gasteiger partial charge < -0.3 is 10.6 Å². The standard InChI is InChI=1S/C7H16N4O2S/c1-8-4-6-5-9-7(10-6)11(2)14(3,12)13/h6,8H,4-5H2,1-3H3,(H,9,10). The van der Waals surface area contributed by atoms with E-state index in [0.29, 0.717) is 12.5 Å². The molecule has 0 saturated heterocycles. The van der Waals surface area contributed by atoms with Crippen molar-refractivity contribution in [2.45, 2.75) is 6.04 Å². The first-order chi connectivity index (χ1) is 6.45. The van der Waals surface area contributed by atoms with E-state index in [0.717, 1.165) is 17.1 Å². The molecule has 7 heteroatoms. The zero-order valence-electron chi connectivity index (χ0n) is 8.61. The molecule has 0 fully saturated rings. The molecule has 14 heavy (non-hydrogen) atoms. The Balaban J connectivity index is 2.68. The summed E-state index contributed by atoms with van der Waals surface area (Å²) in [5.41, 5.74) is 0. The van der Waals surface area contributed by atoms with Crippen molar-refractivity contribution in [3.63, 3.8) is 0 Å². The van der Waals surface area contributed by atoms with Gasteiger partial charge in [-0.2, -0.15) is 0 Å². The number of aliphatic imine (C=N–C) groups is 1. The first-order valence-electron chi connectivity index (χ1n) is 4.35. The van der Waals surface area contributed by atoms with Gasteiger partial charge in [0.05, 0.1) is 12.3 Å². The van der Waals surface area contributed by atoms with E-state index >= 15 is 0 Å². The maximum atomic E-state index is 11.2. The molecular formula is C7H16N4O2S. The summed E-state index contributed by atoms with van der Waals surface area (Å²) in [6, 6.07) is 0.110. The number of guanidine groups is 1. The Labute approximate surface area is 84.4 Å². The summed E-state index contributed by atoms with van der Waals surface area (Å²) < 4.78 is 23.5. The lowest BCUT2D eigenvalue weighted by molar-refractivity contribution is 0.555. The van der Waals surface area contributed by atoms with E-state index in [1.165, 1.54) is 7.05 Å². The van der Waals surface area contributed by atoms with E-state index in [-0.39, 0.29) is 6.04 Å². The van der Waals surface area contributed by atoms with Crippen LogP contribution in [0.4, 0.5) is 0 Å². The lowest BCUT2D eigenvalue weighted by Gasteiger charge is -2.15. The van der Waals surface area contributed by atoms with Crippen molar-refractivity contribution in [1.82, 2.24) is 14.9 Å². The van der Waals surface area contributed by atoms with Crippen molar-refractivity contribution >= 4 is 16.0 Å². The van der Waals surface area contributed by atoms with Crippen molar-refractivity contribution < 1.29 is 8.42 Å². The maximum absolute atomic E-state index is 11.2. The Bertz CT molecular complexity index is 325. The fourth-order valence-corrected chi connectivity index (χ4v) is 1.60. The third-order valence-corrected chi connectivity index (χ3v) is 3.20. The molecule has 0 spiro atoms. The topological polar surface area (TPSA) is 73.8 Å². The number of sulfonamides is 1. The summed E-state index contributed by atoms with van der Waals surface area (Å²) in [4.78, 5) is 4.23. The molecule has 1 heterocycles. The molecule has 1 atom stereocenters. The zero-order chi connectivity index (χ0) is 10.8. The number of likely N-dealkylation sites (N-methyl/N-ethyl adjacent to an activating group) is 1. The van der Waals surface area contributed by atoms with Gasteiger partial charge in [0.25, 0.3) is 0 Å². The van der Waals surface area contributed by atoms with Crippen molar-refractivity contribution in [3.05, 3.63) is 0 Å². The lowest BCUT2D eigenvalue weighted by Crippen LogP contribution is -2.39. The molecule has 0 aromatic carbocycles. The summed E-state index contributed by atoms with van der Waals surface area (Å²) in [6.45, 7) is 1.42. The van der Waals surface area contributed by atoms with E-state index in [1.54, 1.807) is 0 Å². The van der Waals surface area contributed by atoms with Gasteiger partial charge in [-0.25, -0.2) is 17.7 Å². The minimum atomic E-state index is -3.20. The Hall–Kier alpha value is -0.820. The highest BCUT2D eigenvalue weighted by Gasteiger charge is 2.23. The monoisotopic (exact) mass is 220 g/mol. The summed E-state index contributed by atoms with van der Waals surface area (Å²) in [5, 5.41) is 5.95. The predicted molar refractivity (Wildman–Crippen MR) is 55.8 cm³/mol. The quantitative estimate of drug-likeness (QED) is 0.602. The molecule has 1 aliphatic heterocycles. The summed E-state index contributed by atoms with van der Waals surface area (Å²) in [7, 11) is 0.125. The molecule has 2 N–H and O–H groups in total. The van der Waals surface area contributed by atoms with E-state index in [1.807, 2.05) is 7.05 Å². The summed E-state index contributed by atoms with van der Waals surface area (Å²) >= 11 is 0. The number of hydrogen-bond acceptors (Lipinski definition) is 5. The van der Waals surface area contributed by atoms with Crippen LogP contribution in [-0.2, 0) is 10.0 Å². The molecule has 1 rings (SSSR count). The average molecular weight is 220 g/mol. The van der Waals surface area contributed by atoms with Gasteiger partial charge in [-0.3, -0.25) is 0 Å². The maximum Gasteiger partial charge on any atom is 0.234 e. The minimum Gasteiger partial charge on any atom is -0.353 e. The van der Waals surface area contributed by atoms with Gasteiger partial charge in [0.1, 0.15) is 0 Å². The van der Waals surface area contributed by atoms with Crippen LogP contribution in [0.5, 0.6) is 0 Å². The molecule has 0 bridgehead atoms. The third-order valence-electron chi connectivity index (χ3n) is 2.04. The second-order valence-corrected chi connectivity index (χ2v) is 5.29. The fraction of sp³-hybridized carbons (Fsp3) is 0.857. The van der Waals surface area contributed by atoms with Crippen molar-refractivity contribution in [2.24, 2.45) is 4.99 Å². The van der Waals surface area contributed by atoms with Crippen LogP contribution in [0, 0.1) is 0 Å². The van der Waals surface area contributed by atoms with Crippen LogP contribution in [0.25, 0.3) is 0 Å². The molecule has 0 aromatic heterocycles. The van der Waals surface area contributed by atoms with Gasteiger partial charge in [-0.15, -0.1) is 0 Å². The lowest BCUT2D eigenvalue weighted by atomic mass is 10.3. The fourth-order valence-electron chi connectivity index (χ4n) is 1.18. The number of nitrogens with one attached hydrogen (secondary N) is 2. The Kier molecular flexibility index (Phi) is 3.33. The highest BCUT2D eigenvalue weighted by Crippen LogP contribution is 2.02. The zero-order valence-corrected chi connectivity index (χ0v) is 9.43. The second kappa shape index (κ2) is 4.14. The molecule has 1 unspecified atom stereocenters. The highest BCUT2D eigenvalue weighted by molar-refractivity contribution is 7.88. The van der Waals surface area contributed by atoms with E-state index in [4.69, 9.17) is 0 Å². The van der Waals surface area contributed by atoms with Gasteiger partial charge >= 0.3 is 0 Å². The number of hydrogen-bond donors (Lipinski definition) is 2. The van der Waals surface area contributed by atoms with Crippen LogP contribution >= 0.6 is 0 Å². The highest BCUT2D eigenvalue weighted by atomic mass is 32.2. The van der Waals surface area contributed by atoms with E-state index in [9.17, 15) is 8.42 Å². The molecule has 6 nitrogen and oxygen atoms in total. The molecule has 82 valence electrons. The summed E-state index contributed by atoms with van der Waals surface area (Å²) in [5.74, 6) is 0.424. The Morgan fingerprint density at radius 1 is 1.71 bits per heavy atom. The van der Waals surface area contributed by atoms with Crippen molar-refractivity contribution in [1.29, 1.82) is 0 Å². The molecular weight excluding hydrogens is 204 g/mol. The molecule has 1 aliphatic rings. The smallest absolute Gasteiger partial charge is 0.234 e. The Morgan fingerprint density at radius 3 is 2.86 bits per heavy atom. The SMILES string of the molecule is CNCC1CNC(N(C)S(C)(=O)=O)=N1. The Morgan fingerprint density at radius 2 is 2.36 bits per heavy atom. The van der Waals surface area contributed by atoms with Crippen LogP contribution in [-0.4, -0.2) is 58.2 Å². The van der Waals surface area contributed by atoms with Crippen LogP contribution in [0.3, 0.4) is 0 Å². The largest absolute Gasteiger partial charge is 0.353 e. The third kappa shape index (κ3) is 2.58. The normalized spacial score (nSPS) is 21.6. The van der Waals surface area contributed by atoms with Crippen LogP contribution in [0.1, 0.15) is 0 Å². The van der Waals surface area contributed by atoms with Gasteiger partial charge in [0, 0.05) is 20.1 Å². The van der Waals surface area contributed by atoms with E-state index < -0.39 is 10.0 Å². The number of nitrogens with zero attached hydrogens (tertiary/aromatic N) is 2. The molecule has 0 aromatic rings. The molecule has 0 radical (unpaired) electrons. The number of rotatable bonds is 3. The second-order valence-electron chi connectivity index (χ2n) is 3.28. The summed E-state index contributed by atoms with van der Waals surface area (Å²) in [6.07, 6.45) is 1.16. The van der Waals surface area contributed by atoms with Crippen molar-refractivity contribution in [2.75, 3.05) is 33.4 Å². The van der Waals surface area contributed by atoms with Gasteiger partial charge in [-0.1, -0.05) is 0 Å². The minimum absolute atomic E-state index is 0.110. The van der Waals surface area contributed by atoms with E-state index in [2.05, 4.69) is 15.6 Å². The van der Waals surface area contributed by atoms with Crippen molar-refractivity contribution in [3.8, 4) is 0 Å². The van der Waals surface area contributed by atoms with Gasteiger partial charge in [0.2, 0.25) is 16.0 Å². The molecule has 0 aliphatic carbocycles.